The van der Waals surface area contributed by atoms with E-state index >= 15 is 0 Å². The monoisotopic (exact) mass is 947 g/mol. The van der Waals surface area contributed by atoms with Gasteiger partial charge in [-0.15, -0.1) is 0 Å². The lowest BCUT2D eigenvalue weighted by molar-refractivity contribution is -0.167. The molecule has 0 aliphatic rings. The maximum Gasteiger partial charge on any atom is 0.306 e. The zero-order valence-electron chi connectivity index (χ0n) is 44.6. The number of unbranched alkanes of at least 4 members (excludes halogenated alkanes) is 26. The number of allylic oxidation sites excluding steroid dienone is 14. The van der Waals surface area contributed by atoms with E-state index < -0.39 is 6.10 Å². The third kappa shape index (κ3) is 53.5. The maximum atomic E-state index is 12.8. The maximum absolute atomic E-state index is 12.8. The molecule has 390 valence electrons. The molecule has 0 aromatic rings. The molecule has 0 aromatic heterocycles. The molecule has 0 amide bonds. The van der Waals surface area contributed by atoms with Gasteiger partial charge in [-0.2, -0.15) is 0 Å². The van der Waals surface area contributed by atoms with Crippen molar-refractivity contribution in [3.8, 4) is 0 Å². The Morgan fingerprint density at radius 1 is 0.294 bits per heavy atom. The Hall–Kier alpha value is -3.41. The first kappa shape index (κ1) is 64.6. The summed E-state index contributed by atoms with van der Waals surface area (Å²) in [5.41, 5.74) is 0. The van der Waals surface area contributed by atoms with Gasteiger partial charge in [-0.05, 0) is 96.3 Å². The summed E-state index contributed by atoms with van der Waals surface area (Å²) < 4.78 is 16.8. The molecule has 0 bridgehead atoms. The van der Waals surface area contributed by atoms with Gasteiger partial charge in [0.1, 0.15) is 13.2 Å². The molecule has 0 radical (unpaired) electrons. The van der Waals surface area contributed by atoms with Crippen LogP contribution in [-0.2, 0) is 28.6 Å². The average Bonchev–Trinajstić information content (AvgIpc) is 3.34. The van der Waals surface area contributed by atoms with Gasteiger partial charge in [0.25, 0.3) is 0 Å². The standard InChI is InChI=1S/C62H106O6/c1-4-7-10-13-16-19-22-25-28-30-31-33-34-37-40-43-46-49-52-55-61(64)67-58-59(57-66-60(63)54-51-48-45-42-39-36-27-24-21-18-15-12-9-6-3)68-62(65)56-53-50-47-44-41-38-35-32-29-26-23-20-17-14-11-8-5-2/h16-17,19-20,25-26,28-29,31,33,35,38,44,47,59H,4-15,18,21-24,27,30,32,34,36-37,39-43,45-46,48-58H2,1-3H3/b19-16-,20-17-,28-25-,29-26-,33-31-,38-35-,47-44-/t59-/m1/s1. The summed E-state index contributed by atoms with van der Waals surface area (Å²) in [6.07, 6.45) is 72.8. The molecule has 6 heteroatoms. The molecule has 68 heavy (non-hydrogen) atoms. The van der Waals surface area contributed by atoms with Crippen molar-refractivity contribution in [2.75, 3.05) is 13.2 Å². The lowest BCUT2D eigenvalue weighted by Gasteiger charge is -2.18. The molecule has 0 saturated heterocycles. The minimum absolute atomic E-state index is 0.101. The summed E-state index contributed by atoms with van der Waals surface area (Å²) in [4.78, 5) is 38.1. The molecule has 0 N–H and O–H groups in total. The third-order valence-corrected chi connectivity index (χ3v) is 12.1. The van der Waals surface area contributed by atoms with E-state index in [1.54, 1.807) is 0 Å². The van der Waals surface area contributed by atoms with Gasteiger partial charge < -0.3 is 14.2 Å². The van der Waals surface area contributed by atoms with Gasteiger partial charge in [-0.25, -0.2) is 0 Å². The molecule has 0 aliphatic carbocycles. The molecule has 0 heterocycles. The van der Waals surface area contributed by atoms with Crippen LogP contribution in [0.25, 0.3) is 0 Å². The second-order valence-corrected chi connectivity index (χ2v) is 18.8. The van der Waals surface area contributed by atoms with Crippen molar-refractivity contribution in [3.63, 3.8) is 0 Å². The molecule has 0 aromatic carbocycles. The van der Waals surface area contributed by atoms with E-state index in [4.69, 9.17) is 14.2 Å². The number of rotatable bonds is 51. The van der Waals surface area contributed by atoms with Crippen LogP contribution < -0.4 is 0 Å². The Balaban J connectivity index is 4.48. The molecule has 0 rings (SSSR count). The van der Waals surface area contributed by atoms with Crippen LogP contribution in [0.1, 0.15) is 271 Å². The van der Waals surface area contributed by atoms with Gasteiger partial charge in [0.15, 0.2) is 6.10 Å². The number of carbonyl (C=O) groups excluding carboxylic acids is 3. The number of esters is 3. The number of carbonyl (C=O) groups is 3. The number of hydrogen-bond acceptors (Lipinski definition) is 6. The topological polar surface area (TPSA) is 78.9 Å². The highest BCUT2D eigenvalue weighted by Gasteiger charge is 2.19. The molecule has 0 fully saturated rings. The molecule has 0 saturated carbocycles. The van der Waals surface area contributed by atoms with Crippen LogP contribution >= 0.6 is 0 Å². The molecule has 1 atom stereocenters. The number of hydrogen-bond donors (Lipinski definition) is 0. The van der Waals surface area contributed by atoms with Crippen molar-refractivity contribution < 1.29 is 28.6 Å². The lowest BCUT2D eigenvalue weighted by atomic mass is 10.0. The first-order chi connectivity index (χ1) is 33.5. The SMILES string of the molecule is CCCCC/C=C\C/C=C\C/C=C\C/C=C\CCCC(=O)O[C@@H](COC(=O)CCCCCCCC/C=C\C/C=C\C/C=C\CCCCC)COC(=O)CCCCCCCCCCCCCCCC. The van der Waals surface area contributed by atoms with Gasteiger partial charge in [0, 0.05) is 19.3 Å². The van der Waals surface area contributed by atoms with E-state index in [0.717, 1.165) is 83.5 Å². The average molecular weight is 948 g/mol. The second kappa shape index (κ2) is 56.2. The van der Waals surface area contributed by atoms with Gasteiger partial charge in [-0.1, -0.05) is 241 Å². The highest BCUT2D eigenvalue weighted by atomic mass is 16.6. The molecular weight excluding hydrogens is 841 g/mol. The van der Waals surface area contributed by atoms with Crippen molar-refractivity contribution >= 4 is 17.9 Å². The van der Waals surface area contributed by atoms with Gasteiger partial charge in [0.2, 0.25) is 0 Å². The van der Waals surface area contributed by atoms with Crippen LogP contribution in [0.5, 0.6) is 0 Å². The highest BCUT2D eigenvalue weighted by molar-refractivity contribution is 5.71. The van der Waals surface area contributed by atoms with Gasteiger partial charge in [-0.3, -0.25) is 14.4 Å². The molecule has 0 unspecified atom stereocenters. The summed E-state index contributed by atoms with van der Waals surface area (Å²) in [7, 11) is 0. The van der Waals surface area contributed by atoms with E-state index in [9.17, 15) is 14.4 Å². The van der Waals surface area contributed by atoms with E-state index in [1.165, 1.54) is 141 Å². The van der Waals surface area contributed by atoms with E-state index in [0.29, 0.717) is 19.3 Å². The Morgan fingerprint density at radius 2 is 0.544 bits per heavy atom. The first-order valence-corrected chi connectivity index (χ1v) is 28.6. The predicted octanol–water partition coefficient (Wildman–Crippen LogP) is 19.2. The summed E-state index contributed by atoms with van der Waals surface area (Å²) in [5, 5.41) is 0. The van der Waals surface area contributed by atoms with E-state index in [2.05, 4.69) is 106 Å². The fourth-order valence-corrected chi connectivity index (χ4v) is 7.79. The Bertz CT molecular complexity index is 1320. The number of ether oxygens (including phenoxy) is 3. The van der Waals surface area contributed by atoms with Gasteiger partial charge >= 0.3 is 17.9 Å². The van der Waals surface area contributed by atoms with E-state index in [-0.39, 0.29) is 37.5 Å². The van der Waals surface area contributed by atoms with Crippen molar-refractivity contribution in [1.82, 2.24) is 0 Å². The fourth-order valence-electron chi connectivity index (χ4n) is 7.79. The summed E-state index contributed by atoms with van der Waals surface area (Å²) in [6.45, 7) is 6.54. The summed E-state index contributed by atoms with van der Waals surface area (Å²) >= 11 is 0. The third-order valence-electron chi connectivity index (χ3n) is 12.1. The highest BCUT2D eigenvalue weighted by Crippen LogP contribution is 2.15. The van der Waals surface area contributed by atoms with Crippen LogP contribution in [0.4, 0.5) is 0 Å². The van der Waals surface area contributed by atoms with Crippen molar-refractivity contribution in [2.24, 2.45) is 0 Å². The summed E-state index contributed by atoms with van der Waals surface area (Å²) in [6, 6.07) is 0. The first-order valence-electron chi connectivity index (χ1n) is 28.6. The lowest BCUT2D eigenvalue weighted by Crippen LogP contribution is -2.30. The molecule has 0 spiro atoms. The molecular formula is C62H106O6. The Labute approximate surface area is 420 Å². The quantitative estimate of drug-likeness (QED) is 0.0262. The fraction of sp³-hybridized carbons (Fsp3) is 0.726. The van der Waals surface area contributed by atoms with Crippen molar-refractivity contribution in [2.45, 2.75) is 277 Å². The van der Waals surface area contributed by atoms with Crippen LogP contribution in [0.15, 0.2) is 85.1 Å². The molecule has 0 aliphatic heterocycles. The van der Waals surface area contributed by atoms with Crippen LogP contribution in [-0.4, -0.2) is 37.2 Å². The zero-order valence-corrected chi connectivity index (χ0v) is 44.6. The zero-order chi connectivity index (χ0) is 49.3. The second-order valence-electron chi connectivity index (χ2n) is 18.8. The van der Waals surface area contributed by atoms with Gasteiger partial charge in [0.05, 0.1) is 0 Å². The van der Waals surface area contributed by atoms with Crippen LogP contribution in [0.3, 0.4) is 0 Å². The minimum Gasteiger partial charge on any atom is -0.462 e. The van der Waals surface area contributed by atoms with Crippen molar-refractivity contribution in [1.29, 1.82) is 0 Å². The summed E-state index contributed by atoms with van der Waals surface area (Å²) in [5.74, 6) is -0.965. The minimum atomic E-state index is -0.810. The van der Waals surface area contributed by atoms with E-state index in [1.807, 2.05) is 0 Å². The van der Waals surface area contributed by atoms with Crippen LogP contribution in [0.2, 0.25) is 0 Å². The van der Waals surface area contributed by atoms with Crippen LogP contribution in [0, 0.1) is 0 Å². The molecule has 6 nitrogen and oxygen atoms in total. The normalized spacial score (nSPS) is 12.7. The largest absolute Gasteiger partial charge is 0.462 e. The van der Waals surface area contributed by atoms with Crippen molar-refractivity contribution in [3.05, 3.63) is 85.1 Å². The Kier molecular flexibility index (Phi) is 53.4. The Morgan fingerprint density at radius 3 is 0.897 bits per heavy atom. The predicted molar refractivity (Wildman–Crippen MR) is 293 cm³/mol. The smallest absolute Gasteiger partial charge is 0.306 e.